The summed E-state index contributed by atoms with van der Waals surface area (Å²) in [6.07, 6.45) is 0. The molecule has 0 spiro atoms. The quantitative estimate of drug-likeness (QED) is 0.609. The van der Waals surface area contributed by atoms with Crippen molar-refractivity contribution in [1.29, 1.82) is 0 Å². The van der Waals surface area contributed by atoms with Gasteiger partial charge in [-0.3, -0.25) is 0 Å². The second-order valence-corrected chi connectivity index (χ2v) is 4.45. The molecule has 0 radical (unpaired) electrons. The number of aliphatic hydroxyl groups excluding tert-OH is 1. The first kappa shape index (κ1) is 9.20. The van der Waals surface area contributed by atoms with E-state index in [1.165, 1.54) is 6.92 Å². The van der Waals surface area contributed by atoms with E-state index in [9.17, 15) is 8.42 Å². The molecule has 56 valence electrons. The van der Waals surface area contributed by atoms with Crippen LogP contribution in [0.1, 0.15) is 6.92 Å². The summed E-state index contributed by atoms with van der Waals surface area (Å²) in [5.41, 5.74) is -1.30. The number of hydrogen-bond acceptors (Lipinski definition) is 3. The first-order chi connectivity index (χ1) is 4.00. The zero-order valence-electron chi connectivity index (χ0n) is 5.04. The van der Waals surface area contributed by atoms with Crippen LogP contribution >= 0.6 is 11.6 Å². The molecular weight excluding hydrogens is 164 g/mol. The van der Waals surface area contributed by atoms with E-state index in [-0.39, 0.29) is 11.6 Å². The zero-order chi connectivity index (χ0) is 7.49. The van der Waals surface area contributed by atoms with Gasteiger partial charge >= 0.3 is 0 Å². The fourth-order valence-electron chi connectivity index (χ4n) is 0.278. The molecular formula is C4H9ClO3S. The third-order valence-electron chi connectivity index (χ3n) is 0.881. The average molecular weight is 173 g/mol. The standard InChI is InChI=1S/C4H9ClO3S/c1-4(6)9(7,8)3-2-5/h4,6H,2-3H2,1H3. The molecule has 0 aromatic carbocycles. The maximum atomic E-state index is 10.6. The Kier molecular flexibility index (Phi) is 3.46. The lowest BCUT2D eigenvalue weighted by Gasteiger charge is -2.02. The number of sulfone groups is 1. The number of alkyl halides is 1. The maximum Gasteiger partial charge on any atom is 0.177 e. The summed E-state index contributed by atoms with van der Waals surface area (Å²) in [7, 11) is -3.32. The van der Waals surface area contributed by atoms with Gasteiger partial charge in [0.15, 0.2) is 15.3 Å². The SMILES string of the molecule is CC(O)S(=O)(=O)CCCl. The van der Waals surface area contributed by atoms with Crippen LogP contribution in [0.4, 0.5) is 0 Å². The lowest BCUT2D eigenvalue weighted by Crippen LogP contribution is -2.20. The highest BCUT2D eigenvalue weighted by molar-refractivity contribution is 7.91. The van der Waals surface area contributed by atoms with Crippen LogP contribution in [0.15, 0.2) is 0 Å². The predicted molar refractivity (Wildman–Crippen MR) is 36.2 cm³/mol. The third-order valence-corrected chi connectivity index (χ3v) is 3.11. The topological polar surface area (TPSA) is 54.4 Å². The molecule has 0 heterocycles. The number of halogens is 1. The van der Waals surface area contributed by atoms with Crippen molar-refractivity contribution in [3.05, 3.63) is 0 Å². The molecule has 0 aliphatic rings. The van der Waals surface area contributed by atoms with Crippen molar-refractivity contribution < 1.29 is 13.5 Å². The van der Waals surface area contributed by atoms with Crippen molar-refractivity contribution in [3.8, 4) is 0 Å². The van der Waals surface area contributed by atoms with Gasteiger partial charge in [0.25, 0.3) is 0 Å². The molecule has 0 aliphatic carbocycles. The van der Waals surface area contributed by atoms with Crippen LogP contribution in [-0.4, -0.2) is 30.6 Å². The minimum absolute atomic E-state index is 0.0350. The van der Waals surface area contributed by atoms with Crippen molar-refractivity contribution in [2.24, 2.45) is 0 Å². The number of aliphatic hydroxyl groups is 1. The highest BCUT2D eigenvalue weighted by atomic mass is 35.5. The van der Waals surface area contributed by atoms with E-state index < -0.39 is 15.3 Å². The van der Waals surface area contributed by atoms with Gasteiger partial charge in [-0.05, 0) is 6.92 Å². The zero-order valence-corrected chi connectivity index (χ0v) is 6.61. The summed E-state index contributed by atoms with van der Waals surface area (Å²) >= 11 is 5.14. The Morgan fingerprint density at radius 3 is 2.22 bits per heavy atom. The Hall–Kier alpha value is 0.200. The summed E-state index contributed by atoms with van der Waals surface area (Å²) < 4.78 is 21.2. The van der Waals surface area contributed by atoms with Gasteiger partial charge in [-0.2, -0.15) is 0 Å². The average Bonchev–Trinajstić information content (AvgIpc) is 1.65. The Morgan fingerprint density at radius 1 is 1.67 bits per heavy atom. The van der Waals surface area contributed by atoms with Crippen molar-refractivity contribution in [3.63, 3.8) is 0 Å². The summed E-state index contributed by atoms with van der Waals surface area (Å²) in [5.74, 6) is -0.126. The molecule has 0 aliphatic heterocycles. The van der Waals surface area contributed by atoms with E-state index in [2.05, 4.69) is 0 Å². The number of hydrogen-bond donors (Lipinski definition) is 1. The van der Waals surface area contributed by atoms with Crippen LogP contribution in [0.3, 0.4) is 0 Å². The molecule has 0 aromatic rings. The predicted octanol–water partition coefficient (Wildman–Crippen LogP) is -0.0217. The van der Waals surface area contributed by atoms with E-state index in [4.69, 9.17) is 16.7 Å². The lowest BCUT2D eigenvalue weighted by atomic mass is 10.9. The monoisotopic (exact) mass is 172 g/mol. The molecule has 5 heteroatoms. The Balaban J connectivity index is 4.05. The molecule has 1 unspecified atom stereocenters. The van der Waals surface area contributed by atoms with E-state index in [1.807, 2.05) is 0 Å². The summed E-state index contributed by atoms with van der Waals surface area (Å²) in [6, 6.07) is 0. The lowest BCUT2D eigenvalue weighted by molar-refractivity contribution is 0.268. The van der Waals surface area contributed by atoms with E-state index >= 15 is 0 Å². The fourth-order valence-corrected chi connectivity index (χ4v) is 1.48. The van der Waals surface area contributed by atoms with Crippen LogP contribution in [-0.2, 0) is 9.84 Å². The van der Waals surface area contributed by atoms with Crippen LogP contribution in [0.5, 0.6) is 0 Å². The highest BCUT2D eigenvalue weighted by Gasteiger charge is 2.15. The van der Waals surface area contributed by atoms with Crippen molar-refractivity contribution >= 4 is 21.4 Å². The molecule has 1 atom stereocenters. The molecule has 0 saturated heterocycles. The molecule has 0 amide bonds. The molecule has 0 bridgehead atoms. The second kappa shape index (κ2) is 3.39. The van der Waals surface area contributed by atoms with Crippen LogP contribution < -0.4 is 0 Å². The first-order valence-electron chi connectivity index (χ1n) is 2.46. The Labute approximate surface area is 59.6 Å². The molecule has 1 N–H and O–H groups in total. The smallest absolute Gasteiger partial charge is 0.177 e. The fraction of sp³-hybridized carbons (Fsp3) is 1.00. The van der Waals surface area contributed by atoms with Crippen molar-refractivity contribution in [1.82, 2.24) is 0 Å². The normalized spacial score (nSPS) is 15.4. The minimum atomic E-state index is -3.32. The molecule has 3 nitrogen and oxygen atoms in total. The molecule has 0 aromatic heterocycles. The van der Waals surface area contributed by atoms with E-state index in [0.717, 1.165) is 0 Å². The van der Waals surface area contributed by atoms with E-state index in [1.54, 1.807) is 0 Å². The third kappa shape index (κ3) is 3.03. The largest absolute Gasteiger partial charge is 0.377 e. The van der Waals surface area contributed by atoms with Crippen LogP contribution in [0, 0.1) is 0 Å². The van der Waals surface area contributed by atoms with Gasteiger partial charge in [0.2, 0.25) is 0 Å². The first-order valence-corrected chi connectivity index (χ1v) is 4.71. The molecule has 0 rings (SSSR count). The van der Waals surface area contributed by atoms with Crippen LogP contribution in [0.25, 0.3) is 0 Å². The van der Waals surface area contributed by atoms with Gasteiger partial charge in [-0.25, -0.2) is 8.42 Å². The van der Waals surface area contributed by atoms with Crippen molar-refractivity contribution in [2.45, 2.75) is 12.4 Å². The molecule has 0 saturated carbocycles. The van der Waals surface area contributed by atoms with Gasteiger partial charge < -0.3 is 5.11 Å². The van der Waals surface area contributed by atoms with Gasteiger partial charge in [-0.1, -0.05) is 0 Å². The summed E-state index contributed by atoms with van der Waals surface area (Å²) in [6.45, 7) is 1.21. The van der Waals surface area contributed by atoms with E-state index in [0.29, 0.717) is 0 Å². The number of rotatable bonds is 3. The maximum absolute atomic E-state index is 10.6. The second-order valence-electron chi connectivity index (χ2n) is 1.66. The van der Waals surface area contributed by atoms with Gasteiger partial charge in [0.05, 0.1) is 5.75 Å². The van der Waals surface area contributed by atoms with Gasteiger partial charge in [0, 0.05) is 5.88 Å². The Bertz CT molecular complexity index is 161. The van der Waals surface area contributed by atoms with Gasteiger partial charge in [0.1, 0.15) is 0 Å². The molecule has 9 heavy (non-hydrogen) atoms. The summed E-state index contributed by atoms with van der Waals surface area (Å²) in [4.78, 5) is 0. The van der Waals surface area contributed by atoms with Gasteiger partial charge in [-0.15, -0.1) is 11.6 Å². The minimum Gasteiger partial charge on any atom is -0.377 e. The Morgan fingerprint density at radius 2 is 2.11 bits per heavy atom. The molecule has 0 fully saturated rings. The van der Waals surface area contributed by atoms with Crippen molar-refractivity contribution in [2.75, 3.05) is 11.6 Å². The highest BCUT2D eigenvalue weighted by Crippen LogP contribution is 1.97. The van der Waals surface area contributed by atoms with Crippen LogP contribution in [0.2, 0.25) is 0 Å². The summed E-state index contributed by atoms with van der Waals surface area (Å²) in [5, 5.41) is 8.56.